The van der Waals surface area contributed by atoms with E-state index in [1.165, 1.54) is 0 Å². The lowest BCUT2D eigenvalue weighted by molar-refractivity contribution is 0.374. The Morgan fingerprint density at radius 2 is 2.09 bits per heavy atom. The summed E-state index contributed by atoms with van der Waals surface area (Å²) in [6.45, 7) is 4.18. The standard InChI is InChI=1S/C16H19N5OS/c1-3-4-10-14-18-15(22-20-14)12(2)23-16-19-17-11-21(16)13-8-6-5-7-9-13/h5-9,11-12H,3-4,10H2,1-2H3. The molecule has 1 unspecified atom stereocenters. The molecule has 0 N–H and O–H groups in total. The first kappa shape index (κ1) is 15.7. The number of aromatic nitrogens is 5. The van der Waals surface area contributed by atoms with Crippen molar-refractivity contribution in [2.45, 2.75) is 43.5 Å². The van der Waals surface area contributed by atoms with Crippen LogP contribution in [-0.2, 0) is 6.42 Å². The molecule has 2 aromatic heterocycles. The SMILES string of the molecule is CCCCc1noc(C(C)Sc2nncn2-c2ccccc2)n1. The minimum atomic E-state index is 0.0181. The molecule has 6 nitrogen and oxygen atoms in total. The van der Waals surface area contributed by atoms with Gasteiger partial charge in [-0.25, -0.2) is 0 Å². The molecule has 7 heteroatoms. The van der Waals surface area contributed by atoms with E-state index in [4.69, 9.17) is 4.52 Å². The Bertz CT molecular complexity index is 740. The monoisotopic (exact) mass is 329 g/mol. The van der Waals surface area contributed by atoms with Gasteiger partial charge in [0.25, 0.3) is 0 Å². The number of hydrogen-bond acceptors (Lipinski definition) is 6. The highest BCUT2D eigenvalue weighted by Gasteiger charge is 2.19. The maximum absolute atomic E-state index is 5.38. The van der Waals surface area contributed by atoms with Crippen molar-refractivity contribution in [1.82, 2.24) is 24.9 Å². The molecular formula is C16H19N5OS. The van der Waals surface area contributed by atoms with Gasteiger partial charge in [0.05, 0.1) is 5.25 Å². The zero-order valence-electron chi connectivity index (χ0n) is 13.2. The quantitative estimate of drug-likeness (QED) is 0.613. The average molecular weight is 329 g/mol. The van der Waals surface area contributed by atoms with E-state index in [1.807, 2.05) is 41.8 Å². The summed E-state index contributed by atoms with van der Waals surface area (Å²) in [7, 11) is 0. The Balaban J connectivity index is 1.72. The Morgan fingerprint density at radius 1 is 1.26 bits per heavy atom. The minimum absolute atomic E-state index is 0.0181. The Kier molecular flexibility index (Phi) is 5.07. The van der Waals surface area contributed by atoms with Crippen molar-refractivity contribution < 1.29 is 4.52 Å². The third kappa shape index (κ3) is 3.79. The summed E-state index contributed by atoms with van der Waals surface area (Å²) in [5.74, 6) is 1.41. The smallest absolute Gasteiger partial charge is 0.239 e. The van der Waals surface area contributed by atoms with Crippen LogP contribution < -0.4 is 0 Å². The molecule has 2 heterocycles. The molecule has 0 saturated carbocycles. The summed E-state index contributed by atoms with van der Waals surface area (Å²) >= 11 is 1.56. The van der Waals surface area contributed by atoms with Crippen LogP contribution in [0.25, 0.3) is 5.69 Å². The lowest BCUT2D eigenvalue weighted by atomic mass is 10.2. The molecule has 0 aliphatic rings. The summed E-state index contributed by atoms with van der Waals surface area (Å²) in [4.78, 5) is 4.47. The molecule has 0 bridgehead atoms. The van der Waals surface area contributed by atoms with Crippen molar-refractivity contribution in [2.24, 2.45) is 0 Å². The number of unbranched alkanes of at least 4 members (excludes halogenated alkanes) is 1. The maximum atomic E-state index is 5.38. The second kappa shape index (κ2) is 7.41. The molecule has 0 fully saturated rings. The number of para-hydroxylation sites is 1. The summed E-state index contributed by atoms with van der Waals surface area (Å²) in [5, 5.41) is 13.1. The van der Waals surface area contributed by atoms with E-state index in [0.717, 1.165) is 35.9 Å². The number of hydrogen-bond donors (Lipinski definition) is 0. The van der Waals surface area contributed by atoms with Gasteiger partial charge in [-0.2, -0.15) is 4.98 Å². The van der Waals surface area contributed by atoms with E-state index in [1.54, 1.807) is 18.1 Å². The molecule has 23 heavy (non-hydrogen) atoms. The molecule has 1 atom stereocenters. The summed E-state index contributed by atoms with van der Waals surface area (Å²) in [6, 6.07) is 10.0. The lowest BCUT2D eigenvalue weighted by Gasteiger charge is -2.08. The summed E-state index contributed by atoms with van der Waals surface area (Å²) in [6.07, 6.45) is 4.76. The van der Waals surface area contributed by atoms with Crippen LogP contribution in [0, 0.1) is 0 Å². The normalized spacial score (nSPS) is 12.4. The topological polar surface area (TPSA) is 69.6 Å². The van der Waals surface area contributed by atoms with Crippen LogP contribution in [0.3, 0.4) is 0 Å². The van der Waals surface area contributed by atoms with Crippen LogP contribution >= 0.6 is 11.8 Å². The molecular weight excluding hydrogens is 310 g/mol. The van der Waals surface area contributed by atoms with Gasteiger partial charge in [-0.05, 0) is 25.5 Å². The first-order valence-electron chi connectivity index (χ1n) is 7.72. The van der Waals surface area contributed by atoms with Crippen molar-refractivity contribution in [1.29, 1.82) is 0 Å². The zero-order valence-corrected chi connectivity index (χ0v) is 14.0. The van der Waals surface area contributed by atoms with Crippen LogP contribution in [0.4, 0.5) is 0 Å². The largest absolute Gasteiger partial charge is 0.338 e. The second-order valence-electron chi connectivity index (χ2n) is 5.23. The van der Waals surface area contributed by atoms with Crippen molar-refractivity contribution in [3.8, 4) is 5.69 Å². The molecule has 0 radical (unpaired) electrons. The predicted octanol–water partition coefficient (Wildman–Crippen LogP) is 3.85. The van der Waals surface area contributed by atoms with E-state index in [2.05, 4.69) is 27.3 Å². The van der Waals surface area contributed by atoms with Gasteiger partial charge in [-0.1, -0.05) is 48.5 Å². The van der Waals surface area contributed by atoms with Crippen LogP contribution in [0.15, 0.2) is 46.3 Å². The minimum Gasteiger partial charge on any atom is -0.338 e. The number of aryl methyl sites for hydroxylation is 1. The van der Waals surface area contributed by atoms with Crippen molar-refractivity contribution in [2.75, 3.05) is 0 Å². The van der Waals surface area contributed by atoms with Gasteiger partial charge in [0.1, 0.15) is 6.33 Å². The second-order valence-corrected chi connectivity index (χ2v) is 6.54. The maximum Gasteiger partial charge on any atom is 0.239 e. The predicted molar refractivity (Wildman–Crippen MR) is 88.5 cm³/mol. The van der Waals surface area contributed by atoms with Gasteiger partial charge < -0.3 is 4.52 Å². The van der Waals surface area contributed by atoms with E-state index in [0.29, 0.717) is 5.89 Å². The third-order valence-corrected chi connectivity index (χ3v) is 4.46. The van der Waals surface area contributed by atoms with Crippen molar-refractivity contribution in [3.05, 3.63) is 48.4 Å². The van der Waals surface area contributed by atoms with Crippen LogP contribution in [0.5, 0.6) is 0 Å². The molecule has 1 aromatic carbocycles. The van der Waals surface area contributed by atoms with Crippen LogP contribution in [0.1, 0.15) is 43.7 Å². The summed E-state index contributed by atoms with van der Waals surface area (Å²) < 4.78 is 7.33. The van der Waals surface area contributed by atoms with Crippen LogP contribution in [0.2, 0.25) is 0 Å². The van der Waals surface area contributed by atoms with Gasteiger partial charge in [0, 0.05) is 12.1 Å². The van der Waals surface area contributed by atoms with E-state index >= 15 is 0 Å². The van der Waals surface area contributed by atoms with Gasteiger partial charge in [0.2, 0.25) is 5.89 Å². The molecule has 120 valence electrons. The van der Waals surface area contributed by atoms with Gasteiger partial charge in [-0.3, -0.25) is 4.57 Å². The van der Waals surface area contributed by atoms with Crippen molar-refractivity contribution in [3.63, 3.8) is 0 Å². The van der Waals surface area contributed by atoms with Gasteiger partial charge in [-0.15, -0.1) is 10.2 Å². The third-order valence-electron chi connectivity index (χ3n) is 3.42. The van der Waals surface area contributed by atoms with Gasteiger partial charge >= 0.3 is 0 Å². The zero-order chi connectivity index (χ0) is 16.1. The summed E-state index contributed by atoms with van der Waals surface area (Å²) in [5.41, 5.74) is 1.03. The van der Waals surface area contributed by atoms with E-state index in [-0.39, 0.29) is 5.25 Å². The number of rotatable bonds is 7. The fourth-order valence-corrected chi connectivity index (χ4v) is 3.02. The highest BCUT2D eigenvalue weighted by atomic mass is 32.2. The molecule has 0 aliphatic carbocycles. The lowest BCUT2D eigenvalue weighted by Crippen LogP contribution is -1.97. The average Bonchev–Trinajstić information content (AvgIpc) is 3.23. The first-order chi connectivity index (χ1) is 11.3. The molecule has 0 saturated heterocycles. The fourth-order valence-electron chi connectivity index (χ4n) is 2.15. The molecule has 0 aliphatic heterocycles. The number of benzene rings is 1. The Labute approximate surface area is 139 Å². The molecule has 3 aromatic rings. The Morgan fingerprint density at radius 3 is 2.87 bits per heavy atom. The fraction of sp³-hybridized carbons (Fsp3) is 0.375. The molecule has 0 spiro atoms. The highest BCUT2D eigenvalue weighted by molar-refractivity contribution is 7.99. The Hall–Kier alpha value is -2.15. The van der Waals surface area contributed by atoms with E-state index in [9.17, 15) is 0 Å². The molecule has 0 amide bonds. The van der Waals surface area contributed by atoms with Crippen LogP contribution in [-0.4, -0.2) is 24.9 Å². The highest BCUT2D eigenvalue weighted by Crippen LogP contribution is 2.33. The first-order valence-corrected chi connectivity index (χ1v) is 8.60. The van der Waals surface area contributed by atoms with Gasteiger partial charge in [0.15, 0.2) is 11.0 Å². The van der Waals surface area contributed by atoms with E-state index < -0.39 is 0 Å². The number of thioether (sulfide) groups is 1. The number of nitrogens with zero attached hydrogens (tertiary/aromatic N) is 5. The molecule has 3 rings (SSSR count). The van der Waals surface area contributed by atoms with Crippen molar-refractivity contribution >= 4 is 11.8 Å².